The first-order chi connectivity index (χ1) is 14.0. The van der Waals surface area contributed by atoms with Crippen LogP contribution in [0.25, 0.3) is 11.3 Å². The third-order valence-corrected chi connectivity index (χ3v) is 5.68. The summed E-state index contributed by atoms with van der Waals surface area (Å²) in [5, 5.41) is 8.11. The molecule has 29 heavy (non-hydrogen) atoms. The molecule has 8 heteroatoms. The van der Waals surface area contributed by atoms with Gasteiger partial charge in [0, 0.05) is 49.0 Å². The van der Waals surface area contributed by atoms with Crippen LogP contribution < -0.4 is 10.6 Å². The number of hydrogen-bond acceptors (Lipinski definition) is 5. The van der Waals surface area contributed by atoms with Crippen molar-refractivity contribution in [3.8, 4) is 11.3 Å². The Bertz CT molecular complexity index is 870. The quantitative estimate of drug-likeness (QED) is 0.753. The maximum atomic E-state index is 12.6. The maximum absolute atomic E-state index is 12.6. The molecule has 0 spiro atoms. The first-order valence-corrected chi connectivity index (χ1v) is 10.8. The fourth-order valence-electron chi connectivity index (χ4n) is 3.36. The van der Waals surface area contributed by atoms with Gasteiger partial charge in [-0.3, -0.25) is 14.4 Å². The summed E-state index contributed by atoms with van der Waals surface area (Å²) in [6, 6.07) is 7.41. The number of nitrogens with zero attached hydrogens (tertiary/aromatic N) is 2. The molecule has 0 bridgehead atoms. The van der Waals surface area contributed by atoms with E-state index in [1.807, 2.05) is 41.5 Å². The monoisotopic (exact) mass is 414 g/mol. The molecule has 0 radical (unpaired) electrons. The minimum absolute atomic E-state index is 0.0329. The Labute approximate surface area is 174 Å². The normalized spacial score (nSPS) is 14.5. The van der Waals surface area contributed by atoms with Crippen molar-refractivity contribution in [2.45, 2.75) is 39.5 Å². The summed E-state index contributed by atoms with van der Waals surface area (Å²) < 4.78 is 0. The number of nitrogens with one attached hydrogen (secondary N) is 2. The van der Waals surface area contributed by atoms with Crippen LogP contribution in [0.3, 0.4) is 0 Å². The largest absolute Gasteiger partial charge is 0.343 e. The lowest BCUT2D eigenvalue weighted by molar-refractivity contribution is -0.134. The number of aromatic nitrogens is 1. The molecule has 2 N–H and O–H groups in total. The number of hydrogen-bond donors (Lipinski definition) is 2. The number of thiazole rings is 1. The number of amides is 3. The molecule has 2 heterocycles. The number of carbonyl (C=O) groups is 3. The van der Waals surface area contributed by atoms with Crippen LogP contribution in [0.2, 0.25) is 0 Å². The highest BCUT2D eigenvalue weighted by atomic mass is 32.1. The van der Waals surface area contributed by atoms with Crippen LogP contribution in [0, 0.1) is 5.92 Å². The Morgan fingerprint density at radius 2 is 1.83 bits per heavy atom. The molecule has 1 aliphatic heterocycles. The molecule has 0 saturated carbocycles. The minimum atomic E-state index is -0.114. The molecule has 2 aromatic rings. The second kappa shape index (κ2) is 9.65. The van der Waals surface area contributed by atoms with Crippen LogP contribution in [-0.4, -0.2) is 40.7 Å². The van der Waals surface area contributed by atoms with Gasteiger partial charge in [-0.15, -0.1) is 11.3 Å². The molecule has 154 valence electrons. The van der Waals surface area contributed by atoms with E-state index in [1.165, 1.54) is 18.3 Å². The first kappa shape index (κ1) is 21.0. The van der Waals surface area contributed by atoms with Crippen molar-refractivity contribution in [2.24, 2.45) is 5.92 Å². The number of anilines is 2. The van der Waals surface area contributed by atoms with Gasteiger partial charge >= 0.3 is 0 Å². The van der Waals surface area contributed by atoms with Crippen LogP contribution in [0.4, 0.5) is 10.8 Å². The zero-order valence-corrected chi connectivity index (χ0v) is 17.6. The zero-order chi connectivity index (χ0) is 20.8. The van der Waals surface area contributed by atoms with Crippen molar-refractivity contribution in [2.75, 3.05) is 23.7 Å². The minimum Gasteiger partial charge on any atom is -0.343 e. The van der Waals surface area contributed by atoms with Gasteiger partial charge in [0.1, 0.15) is 0 Å². The molecule has 0 aliphatic carbocycles. The Morgan fingerprint density at radius 3 is 2.45 bits per heavy atom. The van der Waals surface area contributed by atoms with Crippen molar-refractivity contribution in [3.05, 3.63) is 29.6 Å². The van der Waals surface area contributed by atoms with E-state index in [4.69, 9.17) is 0 Å². The standard InChI is InChI=1S/C21H26N4O3S/c1-3-4-19(27)25-11-9-16(10-12-25)20(28)24-21-23-18(13-29-21)15-5-7-17(8-6-15)22-14(2)26/h5-8,13,16H,3-4,9-12H2,1-2H3,(H,22,26)(H,23,24,28). The predicted octanol–water partition coefficient (Wildman–Crippen LogP) is 3.75. The predicted molar refractivity (Wildman–Crippen MR) is 115 cm³/mol. The number of likely N-dealkylation sites (tertiary alicyclic amines) is 1. The van der Waals surface area contributed by atoms with Crippen LogP contribution in [0.15, 0.2) is 29.6 Å². The summed E-state index contributed by atoms with van der Waals surface area (Å²) in [5.74, 6) is -0.0584. The molecule has 3 rings (SSSR count). The number of carbonyl (C=O) groups excluding carboxylic acids is 3. The summed E-state index contributed by atoms with van der Waals surface area (Å²) in [6.45, 7) is 4.75. The molecule has 3 amide bonds. The average Bonchev–Trinajstić information content (AvgIpc) is 3.17. The molecular formula is C21H26N4O3S. The van der Waals surface area contributed by atoms with Gasteiger partial charge in [-0.1, -0.05) is 19.1 Å². The topological polar surface area (TPSA) is 91.4 Å². The summed E-state index contributed by atoms with van der Waals surface area (Å²) in [7, 11) is 0. The number of piperidine rings is 1. The highest BCUT2D eigenvalue weighted by Gasteiger charge is 2.27. The highest BCUT2D eigenvalue weighted by Crippen LogP contribution is 2.27. The Hall–Kier alpha value is -2.74. The lowest BCUT2D eigenvalue weighted by atomic mass is 9.96. The highest BCUT2D eigenvalue weighted by molar-refractivity contribution is 7.14. The van der Waals surface area contributed by atoms with Crippen LogP contribution in [0.1, 0.15) is 39.5 Å². The molecule has 1 fully saturated rings. The molecule has 0 unspecified atom stereocenters. The van der Waals surface area contributed by atoms with E-state index < -0.39 is 0 Å². The third kappa shape index (κ3) is 5.63. The lowest BCUT2D eigenvalue weighted by Gasteiger charge is -2.31. The fourth-order valence-corrected chi connectivity index (χ4v) is 4.08. The van der Waals surface area contributed by atoms with Gasteiger partial charge in [-0.2, -0.15) is 0 Å². The molecule has 0 atom stereocenters. The van der Waals surface area contributed by atoms with Gasteiger partial charge in [0.05, 0.1) is 5.69 Å². The Morgan fingerprint density at radius 1 is 1.14 bits per heavy atom. The summed E-state index contributed by atoms with van der Waals surface area (Å²) in [5.41, 5.74) is 2.42. The van der Waals surface area contributed by atoms with E-state index in [1.54, 1.807) is 0 Å². The summed E-state index contributed by atoms with van der Waals surface area (Å²) >= 11 is 1.39. The van der Waals surface area contributed by atoms with E-state index in [9.17, 15) is 14.4 Å². The zero-order valence-electron chi connectivity index (χ0n) is 16.7. The molecule has 1 aliphatic rings. The SMILES string of the molecule is CCCC(=O)N1CCC(C(=O)Nc2nc(-c3ccc(NC(C)=O)cc3)cs2)CC1. The van der Waals surface area contributed by atoms with Gasteiger partial charge in [-0.25, -0.2) is 4.98 Å². The third-order valence-electron chi connectivity index (χ3n) is 4.92. The van der Waals surface area contributed by atoms with Crippen LogP contribution in [-0.2, 0) is 14.4 Å². The van der Waals surface area contributed by atoms with E-state index in [0.717, 1.165) is 23.4 Å². The molecule has 1 saturated heterocycles. The van der Waals surface area contributed by atoms with Gasteiger partial charge in [0.2, 0.25) is 17.7 Å². The van der Waals surface area contributed by atoms with Crippen molar-refractivity contribution >= 4 is 39.9 Å². The van der Waals surface area contributed by atoms with E-state index in [2.05, 4.69) is 15.6 Å². The summed E-state index contributed by atoms with van der Waals surface area (Å²) in [4.78, 5) is 42.0. The Balaban J connectivity index is 1.54. The van der Waals surface area contributed by atoms with Gasteiger partial charge in [0.15, 0.2) is 5.13 Å². The van der Waals surface area contributed by atoms with E-state index >= 15 is 0 Å². The lowest BCUT2D eigenvalue weighted by Crippen LogP contribution is -2.41. The van der Waals surface area contributed by atoms with Crippen molar-refractivity contribution in [3.63, 3.8) is 0 Å². The Kier molecular flexibility index (Phi) is 6.98. The molecule has 1 aromatic carbocycles. The van der Waals surface area contributed by atoms with Crippen LogP contribution >= 0.6 is 11.3 Å². The van der Waals surface area contributed by atoms with Gasteiger partial charge in [-0.05, 0) is 31.4 Å². The maximum Gasteiger partial charge on any atom is 0.229 e. The van der Waals surface area contributed by atoms with Crippen molar-refractivity contribution < 1.29 is 14.4 Å². The first-order valence-electron chi connectivity index (χ1n) is 9.88. The number of rotatable bonds is 6. The number of benzene rings is 1. The van der Waals surface area contributed by atoms with E-state index in [0.29, 0.717) is 37.5 Å². The molecule has 1 aromatic heterocycles. The average molecular weight is 415 g/mol. The van der Waals surface area contributed by atoms with Crippen molar-refractivity contribution in [1.29, 1.82) is 0 Å². The van der Waals surface area contributed by atoms with E-state index in [-0.39, 0.29) is 23.6 Å². The van der Waals surface area contributed by atoms with Crippen LogP contribution in [0.5, 0.6) is 0 Å². The fraction of sp³-hybridized carbons (Fsp3) is 0.429. The molecule has 7 nitrogen and oxygen atoms in total. The van der Waals surface area contributed by atoms with Gasteiger partial charge < -0.3 is 15.5 Å². The smallest absolute Gasteiger partial charge is 0.229 e. The second-order valence-electron chi connectivity index (χ2n) is 7.19. The van der Waals surface area contributed by atoms with Crippen molar-refractivity contribution in [1.82, 2.24) is 9.88 Å². The van der Waals surface area contributed by atoms with Gasteiger partial charge in [0.25, 0.3) is 0 Å². The second-order valence-corrected chi connectivity index (χ2v) is 8.05. The summed E-state index contributed by atoms with van der Waals surface area (Å²) in [6.07, 6.45) is 2.79. The molecular weight excluding hydrogens is 388 g/mol.